The van der Waals surface area contributed by atoms with Crippen molar-refractivity contribution >= 4 is 28.4 Å². The van der Waals surface area contributed by atoms with Gasteiger partial charge < -0.3 is 15.5 Å². The number of urea groups is 1. The van der Waals surface area contributed by atoms with Crippen LogP contribution in [0.4, 0.5) is 28.8 Å². The standard InChI is InChI=1S/C22H22F3N5OS/c23-16-3-1-14(2-4-16)11-20-28-22(32-29-20)30-9-7-15(8-10-30)13-26-21(31)27-19-6-5-17(24)12-18(19)25/h1-6,12,15H,7-11,13H2,(H2,26,27,31). The number of benzene rings is 2. The molecule has 168 valence electrons. The number of carbonyl (C=O) groups excluding carboxylic acids is 1. The third kappa shape index (κ3) is 5.76. The minimum Gasteiger partial charge on any atom is -0.347 e. The Hall–Kier alpha value is -3.14. The van der Waals surface area contributed by atoms with Crippen LogP contribution in [0.1, 0.15) is 24.2 Å². The lowest BCUT2D eigenvalue weighted by molar-refractivity contribution is 0.248. The summed E-state index contributed by atoms with van der Waals surface area (Å²) in [6.07, 6.45) is 2.30. The zero-order chi connectivity index (χ0) is 22.5. The van der Waals surface area contributed by atoms with Crippen molar-refractivity contribution in [2.24, 2.45) is 5.92 Å². The first-order chi connectivity index (χ1) is 15.5. The van der Waals surface area contributed by atoms with Crippen molar-refractivity contribution in [3.63, 3.8) is 0 Å². The highest BCUT2D eigenvalue weighted by atomic mass is 32.1. The number of piperidine rings is 1. The summed E-state index contributed by atoms with van der Waals surface area (Å²) in [4.78, 5) is 18.8. The number of rotatable bonds is 6. The molecule has 32 heavy (non-hydrogen) atoms. The van der Waals surface area contributed by atoms with Crippen LogP contribution in [0.3, 0.4) is 0 Å². The monoisotopic (exact) mass is 461 g/mol. The molecule has 1 aliphatic rings. The molecule has 2 amide bonds. The summed E-state index contributed by atoms with van der Waals surface area (Å²) in [6.45, 7) is 2.06. The molecule has 10 heteroatoms. The smallest absolute Gasteiger partial charge is 0.319 e. The summed E-state index contributed by atoms with van der Waals surface area (Å²) in [5, 5.41) is 6.01. The minimum atomic E-state index is -0.815. The average molecular weight is 462 g/mol. The van der Waals surface area contributed by atoms with Crippen LogP contribution < -0.4 is 15.5 Å². The van der Waals surface area contributed by atoms with E-state index in [-0.39, 0.29) is 11.5 Å². The van der Waals surface area contributed by atoms with E-state index in [9.17, 15) is 18.0 Å². The fraction of sp³-hybridized carbons (Fsp3) is 0.318. The number of aromatic nitrogens is 2. The van der Waals surface area contributed by atoms with Crippen LogP contribution >= 0.6 is 11.5 Å². The second kappa shape index (κ2) is 9.99. The molecule has 0 atom stereocenters. The molecule has 0 unspecified atom stereocenters. The topological polar surface area (TPSA) is 70.2 Å². The Labute approximate surface area is 187 Å². The largest absolute Gasteiger partial charge is 0.347 e. The molecule has 4 rings (SSSR count). The van der Waals surface area contributed by atoms with Crippen molar-refractivity contribution in [3.05, 3.63) is 71.3 Å². The van der Waals surface area contributed by atoms with E-state index in [0.717, 1.165) is 48.8 Å². The van der Waals surface area contributed by atoms with Gasteiger partial charge in [-0.25, -0.2) is 22.9 Å². The fourth-order valence-electron chi connectivity index (χ4n) is 3.55. The van der Waals surface area contributed by atoms with E-state index >= 15 is 0 Å². The maximum atomic E-state index is 13.6. The first kappa shape index (κ1) is 22.1. The number of amides is 2. The van der Waals surface area contributed by atoms with E-state index < -0.39 is 17.7 Å². The first-order valence-corrected chi connectivity index (χ1v) is 11.1. The van der Waals surface area contributed by atoms with Crippen LogP contribution in [0.25, 0.3) is 0 Å². The van der Waals surface area contributed by atoms with Gasteiger partial charge in [0, 0.05) is 43.7 Å². The summed E-state index contributed by atoms with van der Waals surface area (Å²) in [5.41, 5.74) is 0.894. The van der Waals surface area contributed by atoms with Crippen LogP contribution in [-0.2, 0) is 6.42 Å². The summed E-state index contributed by atoms with van der Waals surface area (Å²) < 4.78 is 44.0. The number of nitrogens with zero attached hydrogens (tertiary/aromatic N) is 3. The predicted molar refractivity (Wildman–Crippen MR) is 117 cm³/mol. The van der Waals surface area contributed by atoms with Gasteiger partial charge in [0.1, 0.15) is 23.3 Å². The quantitative estimate of drug-likeness (QED) is 0.564. The van der Waals surface area contributed by atoms with Crippen molar-refractivity contribution < 1.29 is 18.0 Å². The van der Waals surface area contributed by atoms with Crippen molar-refractivity contribution in [3.8, 4) is 0 Å². The molecule has 2 aromatic carbocycles. The molecule has 6 nitrogen and oxygen atoms in total. The lowest BCUT2D eigenvalue weighted by Gasteiger charge is -2.31. The Balaban J connectivity index is 1.21. The lowest BCUT2D eigenvalue weighted by Crippen LogP contribution is -2.39. The Kier molecular flexibility index (Phi) is 6.89. The molecule has 3 aromatic rings. The molecule has 1 fully saturated rings. The number of carbonyl (C=O) groups is 1. The van der Waals surface area contributed by atoms with Gasteiger partial charge in [0.25, 0.3) is 0 Å². The third-order valence-electron chi connectivity index (χ3n) is 5.35. The van der Waals surface area contributed by atoms with E-state index in [2.05, 4.69) is 24.9 Å². The van der Waals surface area contributed by atoms with Crippen molar-refractivity contribution in [1.29, 1.82) is 0 Å². The van der Waals surface area contributed by atoms with Crippen LogP contribution in [-0.4, -0.2) is 35.0 Å². The van der Waals surface area contributed by atoms with E-state index in [1.807, 2.05) is 0 Å². The molecule has 1 aromatic heterocycles. The molecule has 0 bridgehead atoms. The van der Waals surface area contributed by atoms with Crippen molar-refractivity contribution in [1.82, 2.24) is 14.7 Å². The van der Waals surface area contributed by atoms with E-state index in [0.29, 0.717) is 24.7 Å². The molecule has 0 spiro atoms. The SMILES string of the molecule is O=C(NCC1CCN(c2nc(Cc3ccc(F)cc3)ns2)CC1)Nc1ccc(F)cc1F. The summed E-state index contributed by atoms with van der Waals surface area (Å²) >= 11 is 1.35. The highest BCUT2D eigenvalue weighted by molar-refractivity contribution is 7.09. The first-order valence-electron chi connectivity index (χ1n) is 10.3. The molecule has 0 saturated carbocycles. The molecule has 0 aliphatic carbocycles. The van der Waals surface area contributed by atoms with Crippen LogP contribution in [0, 0.1) is 23.4 Å². The Morgan fingerprint density at radius 2 is 1.78 bits per heavy atom. The fourth-order valence-corrected chi connectivity index (χ4v) is 4.29. The number of hydrogen-bond acceptors (Lipinski definition) is 5. The summed E-state index contributed by atoms with van der Waals surface area (Å²) in [5.74, 6) is -0.771. The molecule has 0 radical (unpaired) electrons. The number of hydrogen-bond donors (Lipinski definition) is 2. The van der Waals surface area contributed by atoms with Crippen LogP contribution in [0.15, 0.2) is 42.5 Å². The van der Waals surface area contributed by atoms with Gasteiger partial charge in [0.2, 0.25) is 5.13 Å². The molecule has 1 saturated heterocycles. The highest BCUT2D eigenvalue weighted by Gasteiger charge is 2.22. The Morgan fingerprint density at radius 1 is 1.06 bits per heavy atom. The summed E-state index contributed by atoms with van der Waals surface area (Å²) in [7, 11) is 0. The van der Waals surface area contributed by atoms with Crippen LogP contribution in [0.2, 0.25) is 0 Å². The molecule has 1 aliphatic heterocycles. The molecular weight excluding hydrogens is 439 g/mol. The zero-order valence-corrected chi connectivity index (χ0v) is 18.0. The second-order valence-electron chi connectivity index (χ2n) is 7.69. The minimum absolute atomic E-state index is 0.0635. The van der Waals surface area contributed by atoms with Gasteiger partial charge in [-0.2, -0.15) is 4.37 Å². The lowest BCUT2D eigenvalue weighted by atomic mass is 9.97. The van der Waals surface area contributed by atoms with E-state index in [4.69, 9.17) is 0 Å². The maximum Gasteiger partial charge on any atom is 0.319 e. The van der Waals surface area contributed by atoms with Gasteiger partial charge in [-0.15, -0.1) is 0 Å². The molecule has 2 heterocycles. The number of nitrogens with one attached hydrogen (secondary N) is 2. The van der Waals surface area contributed by atoms with E-state index in [1.165, 1.54) is 29.7 Å². The summed E-state index contributed by atoms with van der Waals surface area (Å²) in [6, 6.07) is 8.80. The molecular formula is C22H22F3N5OS. The van der Waals surface area contributed by atoms with Crippen LogP contribution in [0.5, 0.6) is 0 Å². The van der Waals surface area contributed by atoms with E-state index in [1.54, 1.807) is 12.1 Å². The van der Waals surface area contributed by atoms with Gasteiger partial charge in [-0.3, -0.25) is 0 Å². The van der Waals surface area contributed by atoms with Gasteiger partial charge in [-0.1, -0.05) is 12.1 Å². The van der Waals surface area contributed by atoms with Gasteiger partial charge in [0.15, 0.2) is 0 Å². The highest BCUT2D eigenvalue weighted by Crippen LogP contribution is 2.25. The van der Waals surface area contributed by atoms with Crippen molar-refractivity contribution in [2.45, 2.75) is 19.3 Å². The Bertz CT molecular complexity index is 1070. The molecule has 2 N–H and O–H groups in total. The zero-order valence-electron chi connectivity index (χ0n) is 17.2. The average Bonchev–Trinajstić information content (AvgIpc) is 3.25. The normalized spacial score (nSPS) is 14.4. The van der Waals surface area contributed by atoms with Crippen molar-refractivity contribution in [2.75, 3.05) is 29.9 Å². The van der Waals surface area contributed by atoms with Gasteiger partial charge in [0.05, 0.1) is 5.69 Å². The van der Waals surface area contributed by atoms with Gasteiger partial charge in [-0.05, 0) is 48.6 Å². The predicted octanol–water partition coefficient (Wildman–Crippen LogP) is 4.58. The number of anilines is 2. The number of halogens is 3. The maximum absolute atomic E-state index is 13.6. The third-order valence-corrected chi connectivity index (χ3v) is 6.16. The second-order valence-corrected chi connectivity index (χ2v) is 8.42. The Morgan fingerprint density at radius 3 is 2.50 bits per heavy atom. The van der Waals surface area contributed by atoms with Gasteiger partial charge >= 0.3 is 6.03 Å².